The maximum absolute atomic E-state index is 12.5. The zero-order valence-electron chi connectivity index (χ0n) is 16.1. The summed E-state index contributed by atoms with van der Waals surface area (Å²) in [7, 11) is 1.67. The van der Waals surface area contributed by atoms with Crippen LogP contribution in [0.3, 0.4) is 0 Å². The van der Waals surface area contributed by atoms with Gasteiger partial charge in [0.1, 0.15) is 5.75 Å². The van der Waals surface area contributed by atoms with Gasteiger partial charge in [-0.1, -0.05) is 12.1 Å². The first-order chi connectivity index (χ1) is 14.2. The lowest BCUT2D eigenvalue weighted by molar-refractivity contribution is 0.316. The minimum atomic E-state index is -0.0917. The molecule has 0 aliphatic carbocycles. The zero-order chi connectivity index (χ0) is 19.8. The maximum atomic E-state index is 12.5. The fraction of sp³-hybridized carbons (Fsp3) is 0.286. The number of imidazole rings is 1. The molecular weight excluding hydrogens is 368 g/mol. The van der Waals surface area contributed by atoms with Gasteiger partial charge in [-0.05, 0) is 30.7 Å². The van der Waals surface area contributed by atoms with Crippen molar-refractivity contribution in [2.45, 2.75) is 19.0 Å². The Bertz CT molecular complexity index is 1210. The fourth-order valence-corrected chi connectivity index (χ4v) is 4.16. The van der Waals surface area contributed by atoms with Crippen LogP contribution in [0.1, 0.15) is 18.0 Å². The fourth-order valence-electron chi connectivity index (χ4n) is 4.16. The molecule has 0 saturated carbocycles. The minimum Gasteiger partial charge on any atom is -0.497 e. The monoisotopic (exact) mass is 390 g/mol. The first-order valence-corrected chi connectivity index (χ1v) is 9.67. The minimum absolute atomic E-state index is 0.0917. The maximum Gasteiger partial charge on any atom is 0.327 e. The number of nitrogens with one attached hydrogen (secondary N) is 2. The van der Waals surface area contributed by atoms with Gasteiger partial charge in [-0.15, -0.1) is 0 Å². The van der Waals surface area contributed by atoms with Crippen molar-refractivity contribution in [3.05, 3.63) is 64.8 Å². The molecule has 0 radical (unpaired) electrons. The number of aromatic amines is 2. The van der Waals surface area contributed by atoms with E-state index >= 15 is 0 Å². The van der Waals surface area contributed by atoms with Gasteiger partial charge >= 0.3 is 5.69 Å². The molecule has 0 bridgehead atoms. The molecule has 1 fully saturated rings. The smallest absolute Gasteiger partial charge is 0.327 e. The second kappa shape index (κ2) is 7.21. The first-order valence-electron chi connectivity index (χ1n) is 9.67. The molecule has 8 nitrogen and oxygen atoms in total. The van der Waals surface area contributed by atoms with E-state index in [0.717, 1.165) is 59.8 Å². The van der Waals surface area contributed by atoms with Gasteiger partial charge in [-0.25, -0.2) is 9.78 Å². The molecule has 29 heavy (non-hydrogen) atoms. The van der Waals surface area contributed by atoms with Crippen LogP contribution in [0.5, 0.6) is 5.75 Å². The SMILES string of the molecule is COc1cccc(-c2[nH]ncc2CN2CC[C@@H](n3c(=O)[nH]c4cccnc43)C2)c1. The van der Waals surface area contributed by atoms with Crippen molar-refractivity contribution in [3.8, 4) is 17.0 Å². The van der Waals surface area contributed by atoms with Crippen molar-refractivity contribution < 1.29 is 4.74 Å². The summed E-state index contributed by atoms with van der Waals surface area (Å²) in [6.45, 7) is 2.48. The number of benzene rings is 1. The molecule has 1 aromatic carbocycles. The molecular formula is C21H22N6O2. The number of nitrogens with zero attached hydrogens (tertiary/aromatic N) is 4. The van der Waals surface area contributed by atoms with Crippen LogP contribution in [-0.2, 0) is 6.54 Å². The van der Waals surface area contributed by atoms with E-state index in [1.54, 1.807) is 17.9 Å². The number of hydrogen-bond acceptors (Lipinski definition) is 5. The van der Waals surface area contributed by atoms with Crippen molar-refractivity contribution in [1.82, 2.24) is 29.6 Å². The molecule has 1 aliphatic heterocycles. The van der Waals surface area contributed by atoms with Crippen molar-refractivity contribution in [2.75, 3.05) is 20.2 Å². The topological polar surface area (TPSA) is 91.8 Å². The summed E-state index contributed by atoms with van der Waals surface area (Å²) in [5, 5.41) is 7.37. The lowest BCUT2D eigenvalue weighted by Gasteiger charge is -2.16. The van der Waals surface area contributed by atoms with Crippen LogP contribution < -0.4 is 10.4 Å². The van der Waals surface area contributed by atoms with Crippen LogP contribution in [0.4, 0.5) is 0 Å². The Morgan fingerprint density at radius 2 is 2.21 bits per heavy atom. The number of hydrogen-bond donors (Lipinski definition) is 2. The Morgan fingerprint density at radius 1 is 1.28 bits per heavy atom. The van der Waals surface area contributed by atoms with Crippen molar-refractivity contribution in [1.29, 1.82) is 0 Å². The largest absolute Gasteiger partial charge is 0.497 e. The normalized spacial score (nSPS) is 17.2. The number of rotatable bonds is 5. The number of H-pyrrole nitrogens is 2. The highest BCUT2D eigenvalue weighted by Crippen LogP contribution is 2.29. The molecule has 5 rings (SSSR count). The highest BCUT2D eigenvalue weighted by atomic mass is 16.5. The van der Waals surface area contributed by atoms with Gasteiger partial charge < -0.3 is 9.72 Å². The van der Waals surface area contributed by atoms with Gasteiger partial charge in [0, 0.05) is 37.0 Å². The second-order valence-corrected chi connectivity index (χ2v) is 7.35. The van der Waals surface area contributed by atoms with Crippen LogP contribution in [0.2, 0.25) is 0 Å². The molecule has 0 spiro atoms. The molecule has 2 N–H and O–H groups in total. The van der Waals surface area contributed by atoms with Gasteiger partial charge in [0.25, 0.3) is 0 Å². The van der Waals surface area contributed by atoms with E-state index in [1.165, 1.54) is 0 Å². The number of likely N-dealkylation sites (tertiary alicyclic amines) is 1. The van der Waals surface area contributed by atoms with Gasteiger partial charge in [-0.2, -0.15) is 5.10 Å². The summed E-state index contributed by atoms with van der Waals surface area (Å²) < 4.78 is 7.14. The summed E-state index contributed by atoms with van der Waals surface area (Å²) in [5.74, 6) is 0.815. The summed E-state index contributed by atoms with van der Waals surface area (Å²) in [6.07, 6.45) is 4.52. The van der Waals surface area contributed by atoms with Crippen molar-refractivity contribution >= 4 is 11.2 Å². The third-order valence-electron chi connectivity index (χ3n) is 5.56. The third-order valence-corrected chi connectivity index (χ3v) is 5.56. The molecule has 4 aromatic rings. The van der Waals surface area contributed by atoms with E-state index in [1.807, 2.05) is 42.6 Å². The van der Waals surface area contributed by atoms with Crippen LogP contribution >= 0.6 is 0 Å². The van der Waals surface area contributed by atoms with Crippen LogP contribution in [0.15, 0.2) is 53.6 Å². The quantitative estimate of drug-likeness (QED) is 0.546. The van der Waals surface area contributed by atoms with Crippen molar-refractivity contribution in [2.24, 2.45) is 0 Å². The summed E-state index contributed by atoms with van der Waals surface area (Å²) in [5.41, 5.74) is 4.59. The van der Waals surface area contributed by atoms with Crippen LogP contribution in [-0.4, -0.2) is 49.8 Å². The first kappa shape index (κ1) is 17.7. The Labute approximate surface area is 167 Å². The standard InChI is InChI=1S/C21H22N6O2/c1-29-17-5-2-4-14(10-17)19-15(11-23-25-19)12-26-9-7-16(13-26)27-20-18(24-21(27)28)6-3-8-22-20/h2-6,8,10-11,16H,7,9,12-13H2,1H3,(H,23,25)(H,24,28)/t16-/m1/s1. The molecule has 148 valence electrons. The van der Waals surface area contributed by atoms with Gasteiger partial charge in [0.05, 0.1) is 30.6 Å². The average molecular weight is 390 g/mol. The predicted molar refractivity (Wildman–Crippen MR) is 110 cm³/mol. The van der Waals surface area contributed by atoms with Crippen molar-refractivity contribution in [3.63, 3.8) is 0 Å². The Morgan fingerprint density at radius 3 is 3.10 bits per heavy atom. The number of pyridine rings is 1. The molecule has 1 aliphatic rings. The lowest BCUT2D eigenvalue weighted by atomic mass is 10.1. The van der Waals surface area contributed by atoms with Gasteiger partial charge in [-0.3, -0.25) is 14.6 Å². The van der Waals surface area contributed by atoms with Crippen LogP contribution in [0.25, 0.3) is 22.4 Å². The van der Waals surface area contributed by atoms with Crippen LogP contribution in [0, 0.1) is 0 Å². The predicted octanol–water partition coefficient (Wildman–Crippen LogP) is 2.57. The molecule has 3 aromatic heterocycles. The molecule has 0 unspecified atom stereocenters. The molecule has 0 amide bonds. The highest BCUT2D eigenvalue weighted by Gasteiger charge is 2.27. The number of methoxy groups -OCH3 is 1. The van der Waals surface area contributed by atoms with Gasteiger partial charge in [0.15, 0.2) is 5.65 Å². The Balaban J connectivity index is 1.37. The van der Waals surface area contributed by atoms with E-state index < -0.39 is 0 Å². The summed E-state index contributed by atoms with van der Waals surface area (Å²) in [6, 6.07) is 11.8. The van der Waals surface area contributed by atoms with Gasteiger partial charge in [0.2, 0.25) is 0 Å². The Kier molecular flexibility index (Phi) is 4.40. The number of ether oxygens (including phenoxy) is 1. The second-order valence-electron chi connectivity index (χ2n) is 7.35. The number of fused-ring (bicyclic) bond motifs is 1. The molecule has 1 atom stereocenters. The lowest BCUT2D eigenvalue weighted by Crippen LogP contribution is -2.26. The summed E-state index contributed by atoms with van der Waals surface area (Å²) >= 11 is 0. The highest BCUT2D eigenvalue weighted by molar-refractivity contribution is 5.70. The molecule has 8 heteroatoms. The summed E-state index contributed by atoms with van der Waals surface area (Å²) in [4.78, 5) is 22.1. The molecule has 1 saturated heterocycles. The average Bonchev–Trinajstić information content (AvgIpc) is 3.46. The zero-order valence-corrected chi connectivity index (χ0v) is 16.1. The van der Waals surface area contributed by atoms with E-state index in [2.05, 4.69) is 25.1 Å². The Hall–Kier alpha value is -3.39. The number of aromatic nitrogens is 5. The third kappa shape index (κ3) is 3.21. The van der Waals surface area contributed by atoms with E-state index in [-0.39, 0.29) is 11.7 Å². The van der Waals surface area contributed by atoms with E-state index in [0.29, 0.717) is 0 Å². The van der Waals surface area contributed by atoms with E-state index in [9.17, 15) is 4.79 Å². The molecule has 4 heterocycles. The van der Waals surface area contributed by atoms with E-state index in [4.69, 9.17) is 4.74 Å².